The zero-order valence-electron chi connectivity index (χ0n) is 9.38. The first-order valence-corrected chi connectivity index (χ1v) is 5.46. The maximum Gasteiger partial charge on any atom is 0.319 e. The first-order valence-electron chi connectivity index (χ1n) is 5.09. The number of benzene rings is 1. The number of halogens is 1. The summed E-state index contributed by atoms with van der Waals surface area (Å²) in [5.41, 5.74) is 6.66. The molecule has 0 atom stereocenters. The monoisotopic (exact) mass is 241 g/mol. The van der Waals surface area contributed by atoms with Crippen LogP contribution < -0.4 is 16.4 Å². The summed E-state index contributed by atoms with van der Waals surface area (Å²) < 4.78 is 0. The van der Waals surface area contributed by atoms with E-state index in [1.807, 2.05) is 13.8 Å². The number of carbonyl (C=O) groups is 1. The van der Waals surface area contributed by atoms with Gasteiger partial charge in [0.1, 0.15) is 0 Å². The van der Waals surface area contributed by atoms with Gasteiger partial charge >= 0.3 is 6.03 Å². The van der Waals surface area contributed by atoms with Crippen LogP contribution in [0.3, 0.4) is 0 Å². The molecule has 0 saturated heterocycles. The lowest BCUT2D eigenvalue weighted by molar-refractivity contribution is 0.251. The molecule has 88 valence electrons. The summed E-state index contributed by atoms with van der Waals surface area (Å²) in [6, 6.07) is 4.69. The van der Waals surface area contributed by atoms with Crippen molar-refractivity contribution in [2.75, 3.05) is 17.6 Å². The third kappa shape index (κ3) is 3.98. The van der Waals surface area contributed by atoms with Crippen molar-refractivity contribution in [3.63, 3.8) is 0 Å². The lowest BCUT2D eigenvalue weighted by Crippen LogP contribution is -2.31. The van der Waals surface area contributed by atoms with E-state index in [-0.39, 0.29) is 6.03 Å². The maximum absolute atomic E-state index is 11.4. The van der Waals surface area contributed by atoms with E-state index in [4.69, 9.17) is 17.3 Å². The van der Waals surface area contributed by atoms with E-state index >= 15 is 0 Å². The van der Waals surface area contributed by atoms with Gasteiger partial charge in [0.2, 0.25) is 0 Å². The lowest BCUT2D eigenvalue weighted by Gasteiger charge is -2.10. The molecule has 0 spiro atoms. The van der Waals surface area contributed by atoms with Crippen molar-refractivity contribution in [1.29, 1.82) is 0 Å². The van der Waals surface area contributed by atoms with Gasteiger partial charge in [-0.3, -0.25) is 0 Å². The Morgan fingerprint density at radius 2 is 2.19 bits per heavy atom. The van der Waals surface area contributed by atoms with Gasteiger partial charge in [0, 0.05) is 12.2 Å². The summed E-state index contributed by atoms with van der Waals surface area (Å²) in [6.45, 7) is 4.67. The number of nitrogens with two attached hydrogens (primary N) is 1. The van der Waals surface area contributed by atoms with Gasteiger partial charge in [-0.25, -0.2) is 4.79 Å². The van der Waals surface area contributed by atoms with E-state index < -0.39 is 0 Å². The molecule has 2 amide bonds. The highest BCUT2D eigenvalue weighted by Gasteiger charge is 2.05. The van der Waals surface area contributed by atoms with Crippen molar-refractivity contribution in [2.24, 2.45) is 5.92 Å². The molecular weight excluding hydrogens is 226 g/mol. The molecule has 0 unspecified atom stereocenters. The second-order valence-electron chi connectivity index (χ2n) is 3.97. The maximum atomic E-state index is 11.4. The number of rotatable bonds is 3. The van der Waals surface area contributed by atoms with Crippen LogP contribution in [0, 0.1) is 5.92 Å². The molecule has 0 heterocycles. The summed E-state index contributed by atoms with van der Waals surface area (Å²) in [5.74, 6) is 0.410. The van der Waals surface area contributed by atoms with Crippen molar-refractivity contribution >= 4 is 29.0 Å². The van der Waals surface area contributed by atoms with E-state index in [1.165, 1.54) is 0 Å². The van der Waals surface area contributed by atoms with Crippen molar-refractivity contribution in [1.82, 2.24) is 5.32 Å². The largest absolute Gasteiger partial charge is 0.399 e. The van der Waals surface area contributed by atoms with Gasteiger partial charge in [-0.1, -0.05) is 25.4 Å². The lowest BCUT2D eigenvalue weighted by atomic mass is 10.2. The first kappa shape index (κ1) is 12.6. The van der Waals surface area contributed by atoms with Crippen LogP contribution in [0.15, 0.2) is 18.2 Å². The number of anilines is 2. The Morgan fingerprint density at radius 1 is 1.50 bits per heavy atom. The number of hydrogen-bond donors (Lipinski definition) is 3. The second kappa shape index (κ2) is 5.61. The van der Waals surface area contributed by atoms with E-state index in [0.29, 0.717) is 28.9 Å². The van der Waals surface area contributed by atoms with Gasteiger partial charge < -0.3 is 16.4 Å². The smallest absolute Gasteiger partial charge is 0.319 e. The normalized spacial score (nSPS) is 10.2. The zero-order valence-corrected chi connectivity index (χ0v) is 10.1. The standard InChI is InChI=1S/C11H16ClN3O/c1-7(2)6-14-11(16)15-10-4-3-8(13)5-9(10)12/h3-5,7H,6,13H2,1-2H3,(H2,14,15,16). The van der Waals surface area contributed by atoms with Crippen LogP contribution in [0.4, 0.5) is 16.2 Å². The molecule has 0 aliphatic heterocycles. The van der Waals surface area contributed by atoms with Gasteiger partial charge in [0.05, 0.1) is 10.7 Å². The highest BCUT2D eigenvalue weighted by Crippen LogP contribution is 2.23. The first-order chi connectivity index (χ1) is 7.49. The molecule has 0 fully saturated rings. The quantitative estimate of drug-likeness (QED) is 0.713. The van der Waals surface area contributed by atoms with Gasteiger partial charge in [-0.15, -0.1) is 0 Å². The predicted molar refractivity (Wildman–Crippen MR) is 67.7 cm³/mol. The third-order valence-corrected chi connectivity index (χ3v) is 2.22. The highest BCUT2D eigenvalue weighted by molar-refractivity contribution is 6.34. The number of urea groups is 1. The van der Waals surface area contributed by atoms with E-state index in [1.54, 1.807) is 18.2 Å². The van der Waals surface area contributed by atoms with Crippen LogP contribution in [0.5, 0.6) is 0 Å². The topological polar surface area (TPSA) is 67.2 Å². The minimum atomic E-state index is -0.264. The Balaban J connectivity index is 2.56. The highest BCUT2D eigenvalue weighted by atomic mass is 35.5. The summed E-state index contributed by atoms with van der Waals surface area (Å²) in [6.07, 6.45) is 0. The van der Waals surface area contributed by atoms with E-state index in [9.17, 15) is 4.79 Å². The molecule has 0 aromatic heterocycles. The second-order valence-corrected chi connectivity index (χ2v) is 4.38. The summed E-state index contributed by atoms with van der Waals surface area (Å²) >= 11 is 5.91. The van der Waals surface area contributed by atoms with Gasteiger partial charge in [0.15, 0.2) is 0 Å². The Labute approximate surface area is 100 Å². The molecule has 4 N–H and O–H groups in total. The van der Waals surface area contributed by atoms with Crippen LogP contribution in [0.2, 0.25) is 5.02 Å². The summed E-state index contributed by atoms with van der Waals surface area (Å²) in [5, 5.41) is 5.82. The van der Waals surface area contributed by atoms with Crippen molar-refractivity contribution in [2.45, 2.75) is 13.8 Å². The van der Waals surface area contributed by atoms with Crippen LogP contribution in [-0.4, -0.2) is 12.6 Å². The molecular formula is C11H16ClN3O. The number of carbonyl (C=O) groups excluding carboxylic acids is 1. The molecule has 1 aromatic rings. The Kier molecular flexibility index (Phi) is 4.43. The van der Waals surface area contributed by atoms with Crippen molar-refractivity contribution < 1.29 is 4.79 Å². The van der Waals surface area contributed by atoms with Crippen LogP contribution >= 0.6 is 11.6 Å². The minimum Gasteiger partial charge on any atom is -0.399 e. The number of nitrogen functional groups attached to an aromatic ring is 1. The SMILES string of the molecule is CC(C)CNC(=O)Nc1ccc(N)cc1Cl. The fourth-order valence-electron chi connectivity index (χ4n) is 1.10. The van der Waals surface area contributed by atoms with Gasteiger partial charge in [-0.05, 0) is 24.1 Å². The molecule has 5 heteroatoms. The fraction of sp³-hybridized carbons (Fsp3) is 0.364. The molecule has 4 nitrogen and oxygen atoms in total. The molecule has 0 radical (unpaired) electrons. The number of nitrogens with one attached hydrogen (secondary N) is 2. The van der Waals surface area contributed by atoms with E-state index in [2.05, 4.69) is 10.6 Å². The summed E-state index contributed by atoms with van der Waals surface area (Å²) in [4.78, 5) is 11.4. The molecule has 0 bridgehead atoms. The Bertz CT molecular complexity index is 379. The molecule has 0 aliphatic carbocycles. The van der Waals surface area contributed by atoms with Crippen LogP contribution in [0.1, 0.15) is 13.8 Å². The fourth-order valence-corrected chi connectivity index (χ4v) is 1.33. The molecule has 1 rings (SSSR count). The average molecular weight is 242 g/mol. The average Bonchev–Trinajstić information content (AvgIpc) is 2.19. The molecule has 1 aromatic carbocycles. The van der Waals surface area contributed by atoms with Crippen LogP contribution in [0.25, 0.3) is 0 Å². The van der Waals surface area contributed by atoms with Crippen LogP contribution in [-0.2, 0) is 0 Å². The van der Waals surface area contributed by atoms with E-state index in [0.717, 1.165) is 0 Å². The summed E-state index contributed by atoms with van der Waals surface area (Å²) in [7, 11) is 0. The molecule has 0 saturated carbocycles. The Hall–Kier alpha value is -1.42. The molecule has 16 heavy (non-hydrogen) atoms. The Morgan fingerprint density at radius 3 is 2.75 bits per heavy atom. The predicted octanol–water partition coefficient (Wildman–Crippen LogP) is 2.70. The van der Waals surface area contributed by atoms with Gasteiger partial charge in [-0.2, -0.15) is 0 Å². The number of hydrogen-bond acceptors (Lipinski definition) is 2. The third-order valence-electron chi connectivity index (χ3n) is 1.91. The molecule has 0 aliphatic rings. The van der Waals surface area contributed by atoms with Crippen molar-refractivity contribution in [3.8, 4) is 0 Å². The van der Waals surface area contributed by atoms with Gasteiger partial charge in [0.25, 0.3) is 0 Å². The van der Waals surface area contributed by atoms with Crippen molar-refractivity contribution in [3.05, 3.63) is 23.2 Å². The minimum absolute atomic E-state index is 0.264. The number of amides is 2. The zero-order chi connectivity index (χ0) is 12.1.